The maximum Gasteiger partial charge on any atom is 0.305 e. The normalized spacial score (nSPS) is 21.9. The molecular formula is C52H86O16. The van der Waals surface area contributed by atoms with Crippen molar-refractivity contribution in [2.24, 2.45) is 5.92 Å². The van der Waals surface area contributed by atoms with Gasteiger partial charge in [-0.15, -0.1) is 0 Å². The molecule has 68 heavy (non-hydrogen) atoms. The van der Waals surface area contributed by atoms with Crippen molar-refractivity contribution in [3.05, 3.63) is 72.9 Å². The Morgan fingerprint density at radius 3 is 1.44 bits per heavy atom. The summed E-state index contributed by atoms with van der Waals surface area (Å²) in [5.74, 6) is -1.59. The minimum atomic E-state index is -2.23. The Labute approximate surface area is 405 Å². The SMILES string of the molecule is CCC=CCC=CCC=CCCCCCCCC(=O)OCC(COC(=O)CCCCCCCC=CCC=CCC=CCC)COC1OC(COC(O)C(O)C(O)C(O)C(O)C=O)C(O)C(O)C1O. The molecule has 8 N–H and O–H groups in total. The van der Waals surface area contributed by atoms with Gasteiger partial charge in [-0.05, 0) is 77.0 Å². The van der Waals surface area contributed by atoms with Gasteiger partial charge in [0.1, 0.15) is 48.8 Å². The van der Waals surface area contributed by atoms with Crippen LogP contribution in [0.2, 0.25) is 0 Å². The van der Waals surface area contributed by atoms with Crippen LogP contribution in [-0.4, -0.2) is 147 Å². The summed E-state index contributed by atoms with van der Waals surface area (Å²) in [6.07, 6.45) is 24.1. The first-order valence-corrected chi connectivity index (χ1v) is 24.9. The molecule has 0 aromatic rings. The predicted molar refractivity (Wildman–Crippen MR) is 259 cm³/mol. The Bertz CT molecular complexity index is 1390. The summed E-state index contributed by atoms with van der Waals surface area (Å²) >= 11 is 0. The number of unbranched alkanes of at least 4 members (excludes halogenated alkanes) is 10. The van der Waals surface area contributed by atoms with E-state index in [0.29, 0.717) is 12.8 Å². The molecule has 16 heteroatoms. The van der Waals surface area contributed by atoms with Crippen molar-refractivity contribution in [2.75, 3.05) is 26.4 Å². The van der Waals surface area contributed by atoms with E-state index >= 15 is 0 Å². The van der Waals surface area contributed by atoms with E-state index in [-0.39, 0.29) is 38.9 Å². The fraction of sp³-hybridized carbons (Fsp3) is 0.712. The zero-order valence-corrected chi connectivity index (χ0v) is 40.7. The highest BCUT2D eigenvalue weighted by molar-refractivity contribution is 5.69. The molecule has 10 atom stereocenters. The molecule has 0 aromatic carbocycles. The molecule has 0 amide bonds. The smallest absolute Gasteiger partial charge is 0.305 e. The summed E-state index contributed by atoms with van der Waals surface area (Å²) < 4.78 is 27.5. The number of aliphatic hydroxyl groups excluding tert-OH is 8. The van der Waals surface area contributed by atoms with Gasteiger partial charge in [0.05, 0.1) is 32.3 Å². The zero-order valence-electron chi connectivity index (χ0n) is 40.7. The predicted octanol–water partition coefficient (Wildman–Crippen LogP) is 5.67. The number of aldehydes is 1. The van der Waals surface area contributed by atoms with Gasteiger partial charge in [0.2, 0.25) is 0 Å². The van der Waals surface area contributed by atoms with Crippen LogP contribution in [0.25, 0.3) is 0 Å². The minimum Gasteiger partial charge on any atom is -0.465 e. The van der Waals surface area contributed by atoms with E-state index in [9.17, 15) is 55.2 Å². The van der Waals surface area contributed by atoms with Gasteiger partial charge in [-0.25, -0.2) is 0 Å². The van der Waals surface area contributed by atoms with E-state index in [1.54, 1.807) is 0 Å². The first-order chi connectivity index (χ1) is 32.9. The fourth-order valence-corrected chi connectivity index (χ4v) is 6.86. The van der Waals surface area contributed by atoms with Crippen LogP contribution in [0.4, 0.5) is 0 Å². The standard InChI is InChI=1S/C52H86O16/c1-3-5-7-9-11-13-15-17-19-21-23-25-27-29-31-33-43(55)64-36-40(37-65-44(56)34-32-30-28-26-24-22-20-18-16-14-12-10-8-6-4-2)38-67-52-50(62)48(60)46(58)42(68-52)39-66-51(63)49(61)47(59)45(57)41(54)35-53/h5-8,11-14,17-20,35,40-42,45-52,54,57-63H,3-4,9-10,15-16,21-34,36-39H2,1-2H3. The van der Waals surface area contributed by atoms with E-state index in [4.69, 9.17) is 23.7 Å². The van der Waals surface area contributed by atoms with Crippen LogP contribution in [0, 0.1) is 5.92 Å². The Kier molecular flexibility index (Phi) is 38.1. The average molecular weight is 967 g/mol. The summed E-state index contributed by atoms with van der Waals surface area (Å²) in [6.45, 7) is 2.83. The second-order valence-corrected chi connectivity index (χ2v) is 17.1. The average Bonchev–Trinajstić information content (AvgIpc) is 3.34. The van der Waals surface area contributed by atoms with Gasteiger partial charge in [-0.2, -0.15) is 0 Å². The highest BCUT2D eigenvalue weighted by atomic mass is 16.7. The van der Waals surface area contributed by atoms with E-state index < -0.39 is 85.9 Å². The quantitative estimate of drug-likeness (QED) is 0.0121. The Morgan fingerprint density at radius 1 is 0.529 bits per heavy atom. The Hall–Kier alpha value is -3.39. The number of carbonyl (C=O) groups excluding carboxylic acids is 3. The van der Waals surface area contributed by atoms with Gasteiger partial charge in [-0.3, -0.25) is 9.59 Å². The molecule has 0 aromatic heterocycles. The maximum atomic E-state index is 12.7. The lowest BCUT2D eigenvalue weighted by molar-refractivity contribution is -0.314. The number of esters is 2. The summed E-state index contributed by atoms with van der Waals surface area (Å²) in [5, 5.41) is 81.4. The third-order valence-electron chi connectivity index (χ3n) is 11.1. The van der Waals surface area contributed by atoms with Crippen LogP contribution in [0.5, 0.6) is 0 Å². The first kappa shape index (κ1) is 62.6. The minimum absolute atomic E-state index is 0.0815. The van der Waals surface area contributed by atoms with Gasteiger partial charge >= 0.3 is 11.9 Å². The van der Waals surface area contributed by atoms with E-state index in [1.165, 1.54) is 0 Å². The topological polar surface area (TPSA) is 259 Å². The Balaban J connectivity index is 2.67. The number of ether oxygens (including phenoxy) is 5. The lowest BCUT2D eigenvalue weighted by Crippen LogP contribution is -2.60. The number of carbonyl (C=O) groups is 3. The zero-order chi connectivity index (χ0) is 50.2. The molecule has 1 fully saturated rings. The number of hydrogen-bond donors (Lipinski definition) is 8. The Morgan fingerprint density at radius 2 is 0.971 bits per heavy atom. The van der Waals surface area contributed by atoms with Crippen LogP contribution < -0.4 is 0 Å². The lowest BCUT2D eigenvalue weighted by atomic mass is 9.99. The van der Waals surface area contributed by atoms with Crippen LogP contribution in [0.15, 0.2) is 72.9 Å². The van der Waals surface area contributed by atoms with Crippen molar-refractivity contribution in [2.45, 2.75) is 204 Å². The molecule has 390 valence electrons. The van der Waals surface area contributed by atoms with E-state index in [1.807, 2.05) is 0 Å². The number of aliphatic hydroxyl groups is 8. The molecule has 10 unspecified atom stereocenters. The first-order valence-electron chi connectivity index (χ1n) is 24.9. The number of hydrogen-bond acceptors (Lipinski definition) is 16. The summed E-state index contributed by atoms with van der Waals surface area (Å²) in [5.41, 5.74) is 0. The highest BCUT2D eigenvalue weighted by Crippen LogP contribution is 2.24. The lowest BCUT2D eigenvalue weighted by Gasteiger charge is -2.40. The van der Waals surface area contributed by atoms with Gasteiger partial charge in [-0.1, -0.05) is 125 Å². The number of allylic oxidation sites excluding steroid dienone is 12. The van der Waals surface area contributed by atoms with Crippen LogP contribution >= 0.6 is 0 Å². The molecule has 0 saturated carbocycles. The van der Waals surface area contributed by atoms with Gasteiger partial charge < -0.3 is 69.3 Å². The van der Waals surface area contributed by atoms with Crippen molar-refractivity contribution in [1.29, 1.82) is 0 Å². The monoisotopic (exact) mass is 967 g/mol. The molecule has 1 rings (SSSR count). The maximum absolute atomic E-state index is 12.7. The summed E-state index contributed by atoms with van der Waals surface area (Å²) in [7, 11) is 0. The molecule has 16 nitrogen and oxygen atoms in total. The van der Waals surface area contributed by atoms with Crippen molar-refractivity contribution < 1.29 is 78.9 Å². The molecule has 1 aliphatic heterocycles. The van der Waals surface area contributed by atoms with E-state index in [2.05, 4.69) is 86.8 Å². The summed E-state index contributed by atoms with van der Waals surface area (Å²) in [6, 6.07) is 0. The van der Waals surface area contributed by atoms with Crippen molar-refractivity contribution in [3.63, 3.8) is 0 Å². The van der Waals surface area contributed by atoms with Gasteiger partial charge in [0.15, 0.2) is 18.9 Å². The molecule has 0 spiro atoms. The molecule has 1 heterocycles. The molecule has 0 bridgehead atoms. The van der Waals surface area contributed by atoms with Gasteiger partial charge in [0, 0.05) is 12.8 Å². The van der Waals surface area contributed by atoms with Crippen molar-refractivity contribution in [3.8, 4) is 0 Å². The van der Waals surface area contributed by atoms with Crippen LogP contribution in [-0.2, 0) is 38.1 Å². The third-order valence-corrected chi connectivity index (χ3v) is 11.1. The fourth-order valence-electron chi connectivity index (χ4n) is 6.86. The molecular weight excluding hydrogens is 881 g/mol. The molecule has 0 radical (unpaired) electrons. The molecule has 1 aliphatic rings. The van der Waals surface area contributed by atoms with Gasteiger partial charge in [0.25, 0.3) is 0 Å². The molecule has 0 aliphatic carbocycles. The molecule has 1 saturated heterocycles. The largest absolute Gasteiger partial charge is 0.465 e. The second kappa shape index (κ2) is 41.4. The van der Waals surface area contributed by atoms with Crippen LogP contribution in [0.3, 0.4) is 0 Å². The number of rotatable bonds is 41. The summed E-state index contributed by atoms with van der Waals surface area (Å²) in [4.78, 5) is 36.2. The second-order valence-electron chi connectivity index (χ2n) is 17.1. The van der Waals surface area contributed by atoms with Crippen molar-refractivity contribution >= 4 is 18.2 Å². The van der Waals surface area contributed by atoms with Crippen LogP contribution in [0.1, 0.15) is 142 Å². The van der Waals surface area contributed by atoms with Crippen molar-refractivity contribution in [1.82, 2.24) is 0 Å². The van der Waals surface area contributed by atoms with E-state index in [0.717, 1.165) is 103 Å². The highest BCUT2D eigenvalue weighted by Gasteiger charge is 2.45. The third kappa shape index (κ3) is 30.3.